The number of pyridine rings is 1. The van der Waals surface area contributed by atoms with Crippen molar-refractivity contribution in [1.29, 1.82) is 0 Å². The smallest absolute Gasteiger partial charge is 0.275 e. The molecule has 0 saturated heterocycles. The lowest BCUT2D eigenvalue weighted by Gasteiger charge is -2.09. The molecular weight excluding hydrogens is 280 g/mol. The van der Waals surface area contributed by atoms with Gasteiger partial charge in [0.1, 0.15) is 11.5 Å². The zero-order valence-electron chi connectivity index (χ0n) is 12.4. The van der Waals surface area contributed by atoms with Gasteiger partial charge in [-0.2, -0.15) is 0 Å². The summed E-state index contributed by atoms with van der Waals surface area (Å²) in [5, 5.41) is 0.770. The number of carbonyl (C=O) groups is 1. The van der Waals surface area contributed by atoms with Crippen LogP contribution < -0.4 is 5.48 Å². The molecule has 1 aromatic carbocycles. The Morgan fingerprint density at radius 2 is 2.09 bits per heavy atom. The molecule has 112 valence electrons. The van der Waals surface area contributed by atoms with Crippen molar-refractivity contribution in [2.24, 2.45) is 0 Å². The summed E-state index contributed by atoms with van der Waals surface area (Å²) in [4.78, 5) is 21.9. The largest absolute Gasteiger partial charge is 0.460 e. The number of fused-ring (bicyclic) bond motifs is 1. The highest BCUT2D eigenvalue weighted by molar-refractivity contribution is 6.06. The molecule has 5 nitrogen and oxygen atoms in total. The predicted molar refractivity (Wildman–Crippen MR) is 83.3 cm³/mol. The lowest BCUT2D eigenvalue weighted by Crippen LogP contribution is -2.24. The number of aryl methyl sites for hydroxylation is 1. The molecule has 0 bridgehead atoms. The summed E-state index contributed by atoms with van der Waals surface area (Å²) in [7, 11) is 0. The molecule has 5 heteroatoms. The Bertz CT molecular complexity index is 824. The molecule has 3 aromatic rings. The standard InChI is InChI=1S/C17H16N2O3/c1-3-21-19-17(20)13-10-15(16-9-8-11(2)22-16)18-14-7-5-4-6-12(13)14/h4-10H,3H2,1-2H3,(H,19,20). The zero-order valence-corrected chi connectivity index (χ0v) is 12.4. The van der Waals surface area contributed by atoms with Crippen LogP contribution in [0.2, 0.25) is 0 Å². The van der Waals surface area contributed by atoms with Gasteiger partial charge in [-0.3, -0.25) is 9.63 Å². The lowest BCUT2D eigenvalue weighted by atomic mass is 10.1. The molecule has 1 amide bonds. The third-order valence-electron chi connectivity index (χ3n) is 3.26. The zero-order chi connectivity index (χ0) is 15.5. The summed E-state index contributed by atoms with van der Waals surface area (Å²) >= 11 is 0. The second-order valence-corrected chi connectivity index (χ2v) is 4.85. The first-order chi connectivity index (χ1) is 10.7. The van der Waals surface area contributed by atoms with E-state index in [9.17, 15) is 4.79 Å². The molecule has 0 saturated carbocycles. The third kappa shape index (κ3) is 2.71. The molecule has 0 aliphatic carbocycles. The average molecular weight is 296 g/mol. The maximum absolute atomic E-state index is 12.3. The van der Waals surface area contributed by atoms with E-state index >= 15 is 0 Å². The minimum atomic E-state index is -0.301. The molecule has 0 fully saturated rings. The van der Waals surface area contributed by atoms with Crippen LogP contribution in [-0.2, 0) is 4.84 Å². The molecular formula is C17H16N2O3. The summed E-state index contributed by atoms with van der Waals surface area (Å²) in [5.74, 6) is 1.13. The number of rotatable bonds is 4. The van der Waals surface area contributed by atoms with Crippen LogP contribution >= 0.6 is 0 Å². The van der Waals surface area contributed by atoms with E-state index in [1.807, 2.05) is 50.2 Å². The number of amides is 1. The minimum Gasteiger partial charge on any atom is -0.460 e. The Morgan fingerprint density at radius 3 is 2.82 bits per heavy atom. The van der Waals surface area contributed by atoms with Crippen molar-refractivity contribution in [3.63, 3.8) is 0 Å². The fourth-order valence-electron chi connectivity index (χ4n) is 2.25. The van der Waals surface area contributed by atoms with E-state index < -0.39 is 0 Å². The second kappa shape index (κ2) is 5.99. The first kappa shape index (κ1) is 14.3. The van der Waals surface area contributed by atoms with Crippen LogP contribution in [0.1, 0.15) is 23.0 Å². The van der Waals surface area contributed by atoms with Gasteiger partial charge in [0.2, 0.25) is 0 Å². The van der Waals surface area contributed by atoms with Gasteiger partial charge < -0.3 is 4.42 Å². The molecule has 0 atom stereocenters. The maximum Gasteiger partial charge on any atom is 0.275 e. The monoisotopic (exact) mass is 296 g/mol. The van der Waals surface area contributed by atoms with Gasteiger partial charge in [0.05, 0.1) is 17.7 Å². The number of hydrogen-bond acceptors (Lipinski definition) is 4. The molecule has 22 heavy (non-hydrogen) atoms. The summed E-state index contributed by atoms with van der Waals surface area (Å²) in [6.07, 6.45) is 0. The summed E-state index contributed by atoms with van der Waals surface area (Å²) in [5.41, 5.74) is 4.28. The predicted octanol–water partition coefficient (Wildman–Crippen LogP) is 3.48. The van der Waals surface area contributed by atoms with Crippen molar-refractivity contribution in [3.8, 4) is 11.5 Å². The fourth-order valence-corrected chi connectivity index (χ4v) is 2.25. The van der Waals surface area contributed by atoms with Crippen LogP contribution in [0.5, 0.6) is 0 Å². The SMILES string of the molecule is CCONC(=O)c1cc(-c2ccc(C)o2)nc2ccccc12. The van der Waals surface area contributed by atoms with Crippen LogP contribution in [0.25, 0.3) is 22.4 Å². The van der Waals surface area contributed by atoms with Crippen LogP contribution in [0.4, 0.5) is 0 Å². The highest BCUT2D eigenvalue weighted by Gasteiger charge is 2.15. The molecule has 1 N–H and O–H groups in total. The topological polar surface area (TPSA) is 64.4 Å². The van der Waals surface area contributed by atoms with Crippen LogP contribution in [-0.4, -0.2) is 17.5 Å². The van der Waals surface area contributed by atoms with Gasteiger partial charge in [-0.25, -0.2) is 10.5 Å². The van der Waals surface area contributed by atoms with Gasteiger partial charge in [0.15, 0.2) is 5.76 Å². The highest BCUT2D eigenvalue weighted by Crippen LogP contribution is 2.26. The summed E-state index contributed by atoms with van der Waals surface area (Å²) < 4.78 is 5.61. The van der Waals surface area contributed by atoms with Gasteiger partial charge in [0.25, 0.3) is 5.91 Å². The Hall–Kier alpha value is -2.66. The maximum atomic E-state index is 12.3. The van der Waals surface area contributed by atoms with E-state index in [0.29, 0.717) is 23.6 Å². The van der Waals surface area contributed by atoms with Crippen molar-refractivity contribution in [2.75, 3.05) is 6.61 Å². The van der Waals surface area contributed by atoms with E-state index in [4.69, 9.17) is 9.25 Å². The van der Waals surface area contributed by atoms with Gasteiger partial charge in [-0.1, -0.05) is 18.2 Å². The van der Waals surface area contributed by atoms with Crippen LogP contribution in [0, 0.1) is 6.92 Å². The Balaban J connectivity index is 2.14. The number of carbonyl (C=O) groups excluding carboxylic acids is 1. The van der Waals surface area contributed by atoms with Crippen molar-refractivity contribution < 1.29 is 14.0 Å². The number of nitrogens with zero attached hydrogens (tertiary/aromatic N) is 1. The van der Waals surface area contributed by atoms with Gasteiger partial charge in [-0.05, 0) is 38.1 Å². The molecule has 2 aromatic heterocycles. The number of benzene rings is 1. The summed E-state index contributed by atoms with van der Waals surface area (Å²) in [6.45, 7) is 4.08. The average Bonchev–Trinajstić information content (AvgIpc) is 2.98. The highest BCUT2D eigenvalue weighted by atomic mass is 16.6. The fraction of sp³-hybridized carbons (Fsp3) is 0.176. The first-order valence-corrected chi connectivity index (χ1v) is 7.07. The van der Waals surface area contributed by atoms with Crippen molar-refractivity contribution >= 4 is 16.8 Å². The van der Waals surface area contributed by atoms with E-state index in [0.717, 1.165) is 16.7 Å². The summed E-state index contributed by atoms with van der Waals surface area (Å²) in [6, 6.07) is 12.9. The third-order valence-corrected chi connectivity index (χ3v) is 3.26. The molecule has 0 spiro atoms. The van der Waals surface area contributed by atoms with E-state index in [-0.39, 0.29) is 5.91 Å². The van der Waals surface area contributed by atoms with Gasteiger partial charge in [-0.15, -0.1) is 0 Å². The molecule has 0 radical (unpaired) electrons. The number of hydroxylamine groups is 1. The van der Waals surface area contributed by atoms with Crippen molar-refractivity contribution in [2.45, 2.75) is 13.8 Å². The van der Waals surface area contributed by atoms with E-state index in [2.05, 4.69) is 10.5 Å². The van der Waals surface area contributed by atoms with Crippen LogP contribution in [0.3, 0.4) is 0 Å². The Morgan fingerprint density at radius 1 is 1.27 bits per heavy atom. The van der Waals surface area contributed by atoms with E-state index in [1.165, 1.54) is 0 Å². The number of para-hydroxylation sites is 1. The van der Waals surface area contributed by atoms with E-state index in [1.54, 1.807) is 6.07 Å². The molecule has 0 unspecified atom stereocenters. The molecule has 0 aliphatic heterocycles. The normalized spacial score (nSPS) is 10.8. The number of hydrogen-bond donors (Lipinski definition) is 1. The number of aromatic nitrogens is 1. The number of furan rings is 1. The second-order valence-electron chi connectivity index (χ2n) is 4.85. The Labute approximate surface area is 127 Å². The van der Waals surface area contributed by atoms with Gasteiger partial charge in [0, 0.05) is 5.39 Å². The first-order valence-electron chi connectivity index (χ1n) is 7.07. The molecule has 2 heterocycles. The number of nitrogens with one attached hydrogen (secondary N) is 1. The van der Waals surface area contributed by atoms with Gasteiger partial charge >= 0.3 is 0 Å². The molecule has 0 aliphatic rings. The van der Waals surface area contributed by atoms with Crippen LogP contribution in [0.15, 0.2) is 46.9 Å². The Kier molecular flexibility index (Phi) is 3.89. The quantitative estimate of drug-likeness (QED) is 0.749. The van der Waals surface area contributed by atoms with Crippen molar-refractivity contribution in [3.05, 3.63) is 53.8 Å². The molecule has 3 rings (SSSR count). The minimum absolute atomic E-state index is 0.301. The van der Waals surface area contributed by atoms with Crippen molar-refractivity contribution in [1.82, 2.24) is 10.5 Å². The lowest BCUT2D eigenvalue weighted by molar-refractivity contribution is 0.0366.